The van der Waals surface area contributed by atoms with E-state index in [0.717, 1.165) is 32.3 Å². The van der Waals surface area contributed by atoms with Crippen molar-refractivity contribution in [2.24, 2.45) is 0 Å². The van der Waals surface area contributed by atoms with Crippen molar-refractivity contribution < 1.29 is 9.59 Å². The predicted molar refractivity (Wildman–Crippen MR) is 241 cm³/mol. The SMILES string of the molecule is CN1C(=O)c2ccc3c4ccc5c6ccc7c8c(ccc(c9ccc(c%10ccc(c2c3%10)C1=O)c4c59)c86)-c1c-7c(-c2ccccc2)c2ccccc2c1-c1ccccc1. The maximum Gasteiger partial charge on any atom is 0.261 e. The molecule has 0 bridgehead atoms. The van der Waals surface area contributed by atoms with Crippen LogP contribution in [0.1, 0.15) is 20.7 Å². The fraction of sp³-hybridized carbons (Fsp3) is 0.0182. The molecule has 0 N–H and O–H groups in total. The van der Waals surface area contributed by atoms with Gasteiger partial charge in [-0.1, -0.05) is 146 Å². The first kappa shape index (κ1) is 30.6. The lowest BCUT2D eigenvalue weighted by Gasteiger charge is -2.26. The average molecular weight is 736 g/mol. The normalized spacial score (nSPS) is 13.6. The number of imide groups is 1. The Labute approximate surface area is 331 Å². The molecule has 0 saturated carbocycles. The van der Waals surface area contributed by atoms with E-state index in [1.165, 1.54) is 103 Å². The second-order valence-corrected chi connectivity index (χ2v) is 16.2. The Kier molecular flexibility index (Phi) is 5.49. The molecule has 2 aliphatic rings. The van der Waals surface area contributed by atoms with Gasteiger partial charge in [-0.15, -0.1) is 0 Å². The zero-order valence-corrected chi connectivity index (χ0v) is 31.3. The highest BCUT2D eigenvalue weighted by molar-refractivity contribution is 6.45. The van der Waals surface area contributed by atoms with Gasteiger partial charge in [0.2, 0.25) is 0 Å². The van der Waals surface area contributed by atoms with E-state index in [1.54, 1.807) is 7.05 Å². The first-order chi connectivity index (χ1) is 28.6. The van der Waals surface area contributed by atoms with Crippen LogP contribution >= 0.6 is 0 Å². The minimum atomic E-state index is -0.250. The van der Waals surface area contributed by atoms with Crippen LogP contribution in [-0.2, 0) is 0 Å². The van der Waals surface area contributed by atoms with Crippen LogP contribution in [0.15, 0.2) is 158 Å². The molecule has 0 fully saturated rings. The van der Waals surface area contributed by atoms with Crippen LogP contribution in [0.25, 0.3) is 131 Å². The molecule has 0 spiro atoms. The van der Waals surface area contributed by atoms with Gasteiger partial charge in [0, 0.05) is 23.6 Å². The summed E-state index contributed by atoms with van der Waals surface area (Å²) in [4.78, 5) is 28.0. The van der Waals surface area contributed by atoms with E-state index in [1.807, 2.05) is 12.1 Å². The van der Waals surface area contributed by atoms with E-state index in [0.29, 0.717) is 11.1 Å². The Bertz CT molecular complexity index is 3640. The lowest BCUT2D eigenvalue weighted by Crippen LogP contribution is -2.36. The van der Waals surface area contributed by atoms with Gasteiger partial charge in [0.05, 0.1) is 0 Å². The highest BCUT2D eigenvalue weighted by Crippen LogP contribution is 2.60. The Morgan fingerprint density at radius 2 is 0.569 bits per heavy atom. The Balaban J connectivity index is 1.14. The largest absolute Gasteiger partial charge is 0.277 e. The van der Waals surface area contributed by atoms with Crippen molar-refractivity contribution >= 4 is 98.0 Å². The summed E-state index contributed by atoms with van der Waals surface area (Å²) >= 11 is 0. The Morgan fingerprint density at radius 3 is 0.948 bits per heavy atom. The molecule has 0 radical (unpaired) electrons. The monoisotopic (exact) mass is 735 g/mol. The molecule has 1 aliphatic carbocycles. The second kappa shape index (κ2) is 10.4. The van der Waals surface area contributed by atoms with Crippen LogP contribution in [0.3, 0.4) is 0 Å². The van der Waals surface area contributed by atoms with E-state index in [9.17, 15) is 9.59 Å². The molecular weight excluding hydrogens is 707 g/mol. The molecule has 14 rings (SSSR count). The number of amides is 2. The van der Waals surface area contributed by atoms with E-state index >= 15 is 0 Å². The van der Waals surface area contributed by atoms with Crippen molar-refractivity contribution in [2.45, 2.75) is 0 Å². The predicted octanol–water partition coefficient (Wildman–Crippen LogP) is 14.0. The summed E-state index contributed by atoms with van der Waals surface area (Å²) in [6.45, 7) is 0. The van der Waals surface area contributed by atoms with E-state index in [4.69, 9.17) is 0 Å². The second-order valence-electron chi connectivity index (χ2n) is 16.2. The molecule has 0 aromatic heterocycles. The highest BCUT2D eigenvalue weighted by atomic mass is 16.2. The molecular formula is C55H29NO2. The van der Waals surface area contributed by atoms with E-state index in [2.05, 4.69) is 146 Å². The molecule has 1 aliphatic heterocycles. The van der Waals surface area contributed by atoms with Gasteiger partial charge in [-0.3, -0.25) is 14.5 Å². The van der Waals surface area contributed by atoms with Crippen LogP contribution in [0.4, 0.5) is 0 Å². The third kappa shape index (κ3) is 3.45. The summed E-state index contributed by atoms with van der Waals surface area (Å²) in [5.74, 6) is -0.500. The van der Waals surface area contributed by atoms with Gasteiger partial charge in [0.25, 0.3) is 11.8 Å². The summed E-state index contributed by atoms with van der Waals surface area (Å²) in [7, 11) is 1.57. The minimum absolute atomic E-state index is 0.250. The van der Waals surface area contributed by atoms with Crippen molar-refractivity contribution in [1.82, 2.24) is 4.90 Å². The van der Waals surface area contributed by atoms with E-state index in [-0.39, 0.29) is 11.8 Å². The zero-order valence-electron chi connectivity index (χ0n) is 31.3. The molecule has 2 amide bonds. The number of benzene rings is 12. The highest BCUT2D eigenvalue weighted by Gasteiger charge is 2.34. The number of rotatable bonds is 2. The van der Waals surface area contributed by atoms with Gasteiger partial charge < -0.3 is 0 Å². The quantitative estimate of drug-likeness (QED) is 0.101. The topological polar surface area (TPSA) is 37.4 Å². The molecule has 266 valence electrons. The molecule has 0 unspecified atom stereocenters. The molecule has 12 aromatic rings. The fourth-order valence-corrected chi connectivity index (χ4v) is 11.3. The van der Waals surface area contributed by atoms with Crippen LogP contribution in [0.5, 0.6) is 0 Å². The lowest BCUT2D eigenvalue weighted by molar-refractivity contribution is 0.0650. The summed E-state index contributed by atoms with van der Waals surface area (Å²) in [5.41, 5.74) is 11.3. The molecule has 12 aromatic carbocycles. The number of hydrogen-bond donors (Lipinski definition) is 0. The van der Waals surface area contributed by atoms with Crippen LogP contribution in [-0.4, -0.2) is 23.8 Å². The van der Waals surface area contributed by atoms with Gasteiger partial charge in [-0.05, 0) is 137 Å². The van der Waals surface area contributed by atoms with Gasteiger partial charge in [0.15, 0.2) is 0 Å². The number of nitrogens with zero attached hydrogens (tertiary/aromatic N) is 1. The maximum absolute atomic E-state index is 13.4. The van der Waals surface area contributed by atoms with Gasteiger partial charge >= 0.3 is 0 Å². The molecule has 0 atom stereocenters. The van der Waals surface area contributed by atoms with Crippen LogP contribution < -0.4 is 0 Å². The molecule has 0 saturated heterocycles. The Morgan fingerprint density at radius 1 is 0.276 bits per heavy atom. The fourth-order valence-electron chi connectivity index (χ4n) is 11.3. The first-order valence-corrected chi connectivity index (χ1v) is 19.9. The number of carbonyl (C=O) groups excluding carboxylic acids is 2. The third-order valence-corrected chi connectivity index (χ3v) is 13.6. The summed E-state index contributed by atoms with van der Waals surface area (Å²) < 4.78 is 0. The van der Waals surface area contributed by atoms with Crippen LogP contribution in [0, 0.1) is 0 Å². The van der Waals surface area contributed by atoms with Crippen molar-refractivity contribution in [3.63, 3.8) is 0 Å². The Hall–Kier alpha value is -7.62. The van der Waals surface area contributed by atoms with Crippen molar-refractivity contribution in [2.75, 3.05) is 7.05 Å². The van der Waals surface area contributed by atoms with Crippen molar-refractivity contribution in [3.05, 3.63) is 169 Å². The van der Waals surface area contributed by atoms with Crippen LogP contribution in [0.2, 0.25) is 0 Å². The van der Waals surface area contributed by atoms with Crippen molar-refractivity contribution in [3.8, 4) is 44.5 Å². The third-order valence-electron chi connectivity index (χ3n) is 13.6. The van der Waals surface area contributed by atoms with E-state index < -0.39 is 0 Å². The molecule has 1 heterocycles. The molecule has 3 heteroatoms. The summed E-state index contributed by atoms with van der Waals surface area (Å²) in [6.07, 6.45) is 0. The molecule has 3 nitrogen and oxygen atoms in total. The average Bonchev–Trinajstić information content (AvgIpc) is 3.61. The number of fused-ring (bicyclic) bond motifs is 8. The number of carbonyl (C=O) groups is 2. The zero-order chi connectivity index (χ0) is 38.1. The first-order valence-electron chi connectivity index (χ1n) is 19.9. The minimum Gasteiger partial charge on any atom is -0.277 e. The standard InChI is InChI=1S/C55H29NO2/c1-56-54(57)42-26-22-38-34-18-16-32-36-20-24-40-50-41(25-21-37(48(36)50)33-17-19-35(47(34)46(32)33)39-23-27-43(55(56)58)51(42)49(38)39)53-45(29-12-6-3-7-13-29)31-15-9-8-14-30(31)44(52(40)53)28-10-4-2-5-11-28/h2-27H,1H3. The maximum atomic E-state index is 13.4. The molecule has 58 heavy (non-hydrogen) atoms. The smallest absolute Gasteiger partial charge is 0.261 e. The van der Waals surface area contributed by atoms with Gasteiger partial charge in [-0.2, -0.15) is 0 Å². The van der Waals surface area contributed by atoms with Crippen molar-refractivity contribution in [1.29, 1.82) is 0 Å². The lowest BCUT2D eigenvalue weighted by atomic mass is 9.81. The summed E-state index contributed by atoms with van der Waals surface area (Å²) in [5, 5.41) is 18.8. The summed E-state index contributed by atoms with van der Waals surface area (Å²) in [6, 6.07) is 57.4. The number of hydrogen-bond acceptors (Lipinski definition) is 2. The van der Waals surface area contributed by atoms with Gasteiger partial charge in [-0.25, -0.2) is 0 Å². The van der Waals surface area contributed by atoms with Gasteiger partial charge in [0.1, 0.15) is 0 Å².